The summed E-state index contributed by atoms with van der Waals surface area (Å²) in [4.78, 5) is 22.1. The topological polar surface area (TPSA) is 84.3 Å². The maximum atomic E-state index is 13.3. The van der Waals surface area contributed by atoms with Gasteiger partial charge >= 0.3 is 0 Å². The van der Waals surface area contributed by atoms with Crippen molar-refractivity contribution in [3.63, 3.8) is 0 Å². The number of carbonyl (C=O) groups excluding carboxylic acids is 1. The van der Waals surface area contributed by atoms with E-state index in [0.717, 1.165) is 31.4 Å². The number of carbonyl (C=O) groups is 1. The number of nitrogens with one attached hydrogen (secondary N) is 2. The summed E-state index contributed by atoms with van der Waals surface area (Å²) in [5.74, 6) is -1.08. The minimum Gasteiger partial charge on any atom is -0.325 e. The highest BCUT2D eigenvalue weighted by Gasteiger charge is 2.42. The van der Waals surface area contributed by atoms with Gasteiger partial charge in [0.25, 0.3) is 5.69 Å². The van der Waals surface area contributed by atoms with E-state index >= 15 is 0 Å². The van der Waals surface area contributed by atoms with Gasteiger partial charge in [-0.15, -0.1) is 0 Å². The van der Waals surface area contributed by atoms with E-state index in [1.807, 2.05) is 0 Å². The number of nitro benzene ring substituents is 1. The average Bonchev–Trinajstić information content (AvgIpc) is 3.00. The lowest BCUT2D eigenvalue weighted by atomic mass is 9.88. The van der Waals surface area contributed by atoms with Gasteiger partial charge < -0.3 is 10.6 Å². The van der Waals surface area contributed by atoms with Crippen LogP contribution in [0.25, 0.3) is 0 Å². The van der Waals surface area contributed by atoms with Gasteiger partial charge in [0, 0.05) is 18.2 Å². The number of benzene rings is 1. The molecule has 1 amide bonds. The molecule has 3 rings (SSSR count). The van der Waals surface area contributed by atoms with Gasteiger partial charge in [0.05, 0.1) is 22.6 Å². The third-order valence-electron chi connectivity index (χ3n) is 4.00. The third-order valence-corrected chi connectivity index (χ3v) is 4.00. The minimum absolute atomic E-state index is 0.129. The van der Waals surface area contributed by atoms with Crippen LogP contribution in [0, 0.1) is 21.8 Å². The second kappa shape index (κ2) is 4.82. The van der Waals surface area contributed by atoms with E-state index in [1.165, 1.54) is 6.07 Å². The van der Waals surface area contributed by atoms with Gasteiger partial charge in [0.15, 0.2) is 0 Å². The van der Waals surface area contributed by atoms with Gasteiger partial charge in [-0.3, -0.25) is 14.9 Å². The Morgan fingerprint density at radius 2 is 2.20 bits per heavy atom. The van der Waals surface area contributed by atoms with Crippen molar-refractivity contribution in [2.24, 2.45) is 5.92 Å². The molecule has 1 aromatic carbocycles. The number of anilines is 1. The zero-order valence-corrected chi connectivity index (χ0v) is 10.6. The first-order valence-corrected chi connectivity index (χ1v) is 6.55. The van der Waals surface area contributed by atoms with E-state index in [2.05, 4.69) is 10.6 Å². The number of fused-ring (bicyclic) bond motifs is 2. The summed E-state index contributed by atoms with van der Waals surface area (Å²) >= 11 is 0. The molecule has 6 nitrogen and oxygen atoms in total. The Morgan fingerprint density at radius 3 is 2.80 bits per heavy atom. The number of rotatable bonds is 3. The number of hydrogen-bond donors (Lipinski definition) is 2. The predicted molar refractivity (Wildman–Crippen MR) is 69.7 cm³/mol. The fraction of sp³-hybridized carbons (Fsp3) is 0.462. The Balaban J connectivity index is 1.74. The van der Waals surface area contributed by atoms with Gasteiger partial charge in [-0.05, 0) is 25.3 Å². The molecule has 2 bridgehead atoms. The molecule has 7 heteroatoms. The average molecular weight is 279 g/mol. The summed E-state index contributed by atoms with van der Waals surface area (Å²) in [5.41, 5.74) is -0.240. The first kappa shape index (κ1) is 13.0. The van der Waals surface area contributed by atoms with E-state index in [0.29, 0.717) is 6.04 Å². The number of nitrogens with zero attached hydrogens (tertiary/aromatic N) is 1. The standard InChI is InChI=1S/C13H14FN3O3/c14-7-3-9(5-10(4-7)17(19)20)16-13(18)11-6-8-1-2-12(11)15-8/h3-5,8,11-12,15H,1-2,6H2,(H,16,18). The molecule has 2 heterocycles. The SMILES string of the molecule is O=C(Nc1cc(F)cc([N+](=O)[O-])c1)C1CC2CCC1N2. The molecule has 0 aliphatic carbocycles. The van der Waals surface area contributed by atoms with Crippen LogP contribution in [0.4, 0.5) is 15.8 Å². The van der Waals surface area contributed by atoms with E-state index in [4.69, 9.17) is 0 Å². The zero-order chi connectivity index (χ0) is 14.3. The van der Waals surface area contributed by atoms with Gasteiger partial charge in [-0.1, -0.05) is 0 Å². The van der Waals surface area contributed by atoms with Gasteiger partial charge in [0.1, 0.15) is 5.82 Å². The summed E-state index contributed by atoms with van der Waals surface area (Å²) in [6, 6.07) is 3.64. The van der Waals surface area contributed by atoms with Crippen LogP contribution < -0.4 is 10.6 Å². The fourth-order valence-electron chi connectivity index (χ4n) is 3.10. The van der Waals surface area contributed by atoms with Gasteiger partial charge in [-0.25, -0.2) is 4.39 Å². The van der Waals surface area contributed by atoms with Gasteiger partial charge in [-0.2, -0.15) is 0 Å². The van der Waals surface area contributed by atoms with Crippen LogP contribution in [0.2, 0.25) is 0 Å². The molecule has 106 valence electrons. The van der Waals surface area contributed by atoms with Crippen LogP contribution >= 0.6 is 0 Å². The normalized spacial score (nSPS) is 27.6. The van der Waals surface area contributed by atoms with E-state index < -0.39 is 10.7 Å². The molecule has 1 aromatic rings. The lowest BCUT2D eigenvalue weighted by Crippen LogP contribution is -2.32. The molecule has 2 aliphatic rings. The Kier molecular flexibility index (Phi) is 3.13. The van der Waals surface area contributed by atoms with Crippen molar-refractivity contribution in [2.45, 2.75) is 31.3 Å². The Labute approximate surface area is 114 Å². The third kappa shape index (κ3) is 2.36. The van der Waals surface area contributed by atoms with Crippen molar-refractivity contribution < 1.29 is 14.1 Å². The number of hydrogen-bond acceptors (Lipinski definition) is 4. The molecule has 0 radical (unpaired) electrons. The van der Waals surface area contributed by atoms with Crippen molar-refractivity contribution >= 4 is 17.3 Å². The van der Waals surface area contributed by atoms with Crippen molar-refractivity contribution in [1.82, 2.24) is 5.32 Å². The predicted octanol–water partition coefficient (Wildman–Crippen LogP) is 1.81. The van der Waals surface area contributed by atoms with Crippen molar-refractivity contribution in [3.8, 4) is 0 Å². The van der Waals surface area contributed by atoms with Crippen LogP contribution in [-0.2, 0) is 4.79 Å². The van der Waals surface area contributed by atoms with Crippen LogP contribution in [0.1, 0.15) is 19.3 Å². The van der Waals surface area contributed by atoms with E-state index in [1.54, 1.807) is 0 Å². The lowest BCUT2D eigenvalue weighted by Gasteiger charge is -2.19. The van der Waals surface area contributed by atoms with Crippen LogP contribution in [0.3, 0.4) is 0 Å². The summed E-state index contributed by atoms with van der Waals surface area (Å²) in [5, 5.41) is 16.6. The molecule has 2 saturated heterocycles. The highest BCUT2D eigenvalue weighted by molar-refractivity contribution is 5.93. The second-order valence-corrected chi connectivity index (χ2v) is 5.33. The van der Waals surface area contributed by atoms with Crippen LogP contribution in [-0.4, -0.2) is 22.9 Å². The molecule has 0 spiro atoms. The summed E-state index contributed by atoms with van der Waals surface area (Å²) in [6.45, 7) is 0. The molecule has 20 heavy (non-hydrogen) atoms. The Hall–Kier alpha value is -2.02. The van der Waals surface area contributed by atoms with Crippen molar-refractivity contribution in [3.05, 3.63) is 34.1 Å². The number of nitro groups is 1. The van der Waals surface area contributed by atoms with E-state index in [9.17, 15) is 19.3 Å². The molecule has 3 atom stereocenters. The molecule has 3 unspecified atom stereocenters. The maximum Gasteiger partial charge on any atom is 0.274 e. The van der Waals surface area contributed by atoms with Gasteiger partial charge in [0.2, 0.25) is 5.91 Å². The van der Waals surface area contributed by atoms with Crippen molar-refractivity contribution in [1.29, 1.82) is 0 Å². The zero-order valence-electron chi connectivity index (χ0n) is 10.6. The highest BCUT2D eigenvalue weighted by atomic mass is 19.1. The maximum absolute atomic E-state index is 13.3. The monoisotopic (exact) mass is 279 g/mol. The molecule has 0 aromatic heterocycles. The summed E-state index contributed by atoms with van der Waals surface area (Å²) in [6.07, 6.45) is 2.82. The smallest absolute Gasteiger partial charge is 0.274 e. The number of non-ortho nitro benzene ring substituents is 1. The number of amides is 1. The molecule has 2 aliphatic heterocycles. The Morgan fingerprint density at radius 1 is 1.40 bits per heavy atom. The molecular weight excluding hydrogens is 265 g/mol. The lowest BCUT2D eigenvalue weighted by molar-refractivity contribution is -0.385. The summed E-state index contributed by atoms with van der Waals surface area (Å²) < 4.78 is 13.3. The minimum atomic E-state index is -0.736. The Bertz CT molecular complexity index is 578. The largest absolute Gasteiger partial charge is 0.325 e. The van der Waals surface area contributed by atoms with Crippen molar-refractivity contribution in [2.75, 3.05) is 5.32 Å². The van der Waals surface area contributed by atoms with E-state index in [-0.39, 0.29) is 29.2 Å². The fourth-order valence-corrected chi connectivity index (χ4v) is 3.10. The molecule has 2 N–H and O–H groups in total. The molecule has 0 saturated carbocycles. The molecule has 2 fully saturated rings. The number of halogens is 1. The van der Waals surface area contributed by atoms with Crippen LogP contribution in [0.5, 0.6) is 0 Å². The first-order chi connectivity index (χ1) is 9.52. The molecular formula is C13H14FN3O3. The quantitative estimate of drug-likeness (QED) is 0.653. The van der Waals surface area contributed by atoms with Crippen LogP contribution in [0.15, 0.2) is 18.2 Å². The highest BCUT2D eigenvalue weighted by Crippen LogP contribution is 2.34. The first-order valence-electron chi connectivity index (χ1n) is 6.55. The second-order valence-electron chi connectivity index (χ2n) is 5.33. The summed E-state index contributed by atoms with van der Waals surface area (Å²) in [7, 11) is 0.